The van der Waals surface area contributed by atoms with Crippen LogP contribution in [0.15, 0.2) is 12.1 Å². The van der Waals surface area contributed by atoms with E-state index >= 15 is 4.39 Å². The van der Waals surface area contributed by atoms with Crippen LogP contribution >= 0.6 is 33.9 Å². The molecule has 0 spiro atoms. The van der Waals surface area contributed by atoms with Crippen molar-refractivity contribution >= 4 is 71.6 Å². The average molecular weight is 971 g/mol. The molecule has 6 aliphatic rings. The minimum Gasteiger partial charge on any atom is -0.486 e. The number of halogens is 4. The number of nitrogens with one attached hydrogen (secondary N) is 1. The van der Waals surface area contributed by atoms with Crippen molar-refractivity contribution in [3.05, 3.63) is 33.4 Å². The number of hydrogen-bond donors (Lipinski definition) is 2. The molecule has 0 radical (unpaired) electrons. The molecule has 3 unspecified atom stereocenters. The number of anilines is 2. The topological polar surface area (TPSA) is 119 Å². The van der Waals surface area contributed by atoms with Crippen LogP contribution in [-0.4, -0.2) is 101 Å². The number of carbonyl (C=O) groups excluding carboxylic acids is 1. The quantitative estimate of drug-likeness (QED) is 0.151. The predicted octanol–water partition coefficient (Wildman–Crippen LogP) is 5.28. The Morgan fingerprint density at radius 2 is 2.06 bits per heavy atom. The van der Waals surface area contributed by atoms with Crippen LogP contribution in [-0.2, 0) is 4.79 Å². The maximum Gasteiger partial charge on any atom is 0.319 e. The monoisotopic (exact) mass is 970 g/mol. The number of nitrogens with two attached hydrogens (primary N) is 1. The third-order valence-corrected chi connectivity index (χ3v) is 13.9. The number of rotatable bonds is 6. The molecular weight excluding hydrogens is 935 g/mol. The summed E-state index contributed by atoms with van der Waals surface area (Å²) in [5.41, 5.74) is 6.24. The number of hydrogen-bond acceptors (Lipinski definition) is 10. The molecule has 1 amide bonds. The van der Waals surface area contributed by atoms with Crippen molar-refractivity contribution in [2.45, 2.75) is 74.5 Å². The number of amides is 1. The van der Waals surface area contributed by atoms with E-state index in [0.29, 0.717) is 74.9 Å². The molecular formula is C36H36CeF3IN7O3S-. The molecule has 10 nitrogen and oxygen atoms in total. The minimum atomic E-state index is -0.932. The fourth-order valence-electron chi connectivity index (χ4n) is 9.16. The van der Waals surface area contributed by atoms with Gasteiger partial charge in [-0.25, -0.2) is 13.2 Å². The van der Waals surface area contributed by atoms with Crippen molar-refractivity contribution < 1.29 is 69.2 Å². The Morgan fingerprint density at radius 1 is 1.23 bits per heavy atom. The van der Waals surface area contributed by atoms with Gasteiger partial charge in [0, 0.05) is 92.3 Å². The number of carbonyl (C=O) groups is 1. The molecule has 0 bridgehead atoms. The normalized spacial score (nSPS) is 29.4. The van der Waals surface area contributed by atoms with Crippen LogP contribution in [0.2, 0.25) is 0 Å². The fourth-order valence-corrected chi connectivity index (χ4v) is 10.9. The first-order valence-electron chi connectivity index (χ1n) is 17.7. The summed E-state index contributed by atoms with van der Waals surface area (Å²) in [5.74, 6) is 0.466. The first-order valence-corrected chi connectivity index (χ1v) is 19.6. The molecule has 272 valence electrons. The fraction of sp³-hybridized carbons (Fsp3) is 0.528. The van der Waals surface area contributed by atoms with Gasteiger partial charge in [-0.15, -0.1) is 17.7 Å². The van der Waals surface area contributed by atoms with E-state index in [9.17, 15) is 13.6 Å². The Balaban J connectivity index is 0.00000360. The summed E-state index contributed by atoms with van der Waals surface area (Å²) in [6, 6.07) is 5.69. The number of nitrogen functional groups attached to an aromatic ring is 1. The van der Waals surface area contributed by atoms with Gasteiger partial charge in [0.15, 0.2) is 0 Å². The number of aromatic nitrogens is 2. The molecule has 3 N–H and O–H groups in total. The first kappa shape index (κ1) is 35.9. The molecule has 2 aromatic heterocycles. The Hall–Kier alpha value is -1.77. The van der Waals surface area contributed by atoms with E-state index in [4.69, 9.17) is 20.2 Å². The minimum absolute atomic E-state index is 0. The molecule has 10 rings (SSSR count). The molecule has 16 heteroatoms. The van der Waals surface area contributed by atoms with Crippen LogP contribution in [0, 0.1) is 68.9 Å². The molecule has 4 saturated heterocycles. The zero-order chi connectivity index (χ0) is 34.9. The molecule has 5 aliphatic heterocycles. The van der Waals surface area contributed by atoms with Crippen molar-refractivity contribution in [2.75, 3.05) is 50.5 Å². The van der Waals surface area contributed by atoms with Crippen molar-refractivity contribution in [1.29, 1.82) is 0 Å². The SMILES string of the molecule is CN1c2nc(OC[C@@]34CCCN3C[C@H](F)C4)nc3c(F)c(-c4ccc(F)c5sc(N)[c-]c45)c(I)c(c23)OC2CCN(C(=O)C3N[C@H]3C3CC3)CC21.[Ce]. The summed E-state index contributed by atoms with van der Waals surface area (Å²) in [6.45, 7) is 2.30. The van der Waals surface area contributed by atoms with Gasteiger partial charge in [-0.1, -0.05) is 0 Å². The molecule has 52 heavy (non-hydrogen) atoms. The number of thiophene rings is 1. The number of likely N-dealkylation sites (tertiary alicyclic amines) is 1. The van der Waals surface area contributed by atoms with Crippen LogP contribution in [0.1, 0.15) is 38.5 Å². The van der Waals surface area contributed by atoms with Crippen molar-refractivity contribution in [1.82, 2.24) is 25.1 Å². The van der Waals surface area contributed by atoms with Gasteiger partial charge in [0.25, 0.3) is 0 Å². The molecule has 6 atom stereocenters. The van der Waals surface area contributed by atoms with Gasteiger partial charge < -0.3 is 25.0 Å². The largest absolute Gasteiger partial charge is 0.486 e. The Bertz CT molecular complexity index is 2140. The van der Waals surface area contributed by atoms with Crippen LogP contribution < -0.4 is 25.4 Å². The number of nitrogens with zero attached hydrogens (tertiary/aromatic N) is 5. The number of ether oxygens (including phenoxy) is 2. The molecule has 7 heterocycles. The third-order valence-electron chi connectivity index (χ3n) is 12.0. The zero-order valence-electron chi connectivity index (χ0n) is 28.4. The van der Waals surface area contributed by atoms with Gasteiger partial charge in [0.2, 0.25) is 5.91 Å². The summed E-state index contributed by atoms with van der Waals surface area (Å²) in [6.07, 6.45) is 3.74. The average Bonchev–Trinajstić information content (AvgIpc) is 4.01. The zero-order valence-corrected chi connectivity index (χ0v) is 34.5. The number of likely N-dealkylation sites (N-methyl/N-ethyl adjacent to an activating group) is 1. The second kappa shape index (κ2) is 13.2. The van der Waals surface area contributed by atoms with Gasteiger partial charge >= 0.3 is 6.01 Å². The number of benzene rings is 2. The van der Waals surface area contributed by atoms with E-state index < -0.39 is 23.3 Å². The standard InChI is InChI=1S/C36H36F3IN7O3S.Ce/c1-45-21-14-46(34(48)30-28(42-30)16-3-4-16)10-7-22(21)50-31-25-29(26(39)24(27(31)40)18-5-6-20(38)32-19(18)11-23(41)51-32)43-35(44-33(25)45)49-15-36-8-2-9-47(36)13-17(37)12-36;/h5-6,16-17,21-22,28,30,42H,2-4,7-10,12-15,41H2,1H3;/q-1;/t17-,21?,22?,28+,30?,36+;/m1./s1. The van der Waals surface area contributed by atoms with Crippen molar-refractivity contribution in [3.8, 4) is 22.9 Å². The second-order valence-electron chi connectivity index (χ2n) is 15.1. The van der Waals surface area contributed by atoms with Gasteiger partial charge in [0.05, 0.1) is 26.4 Å². The summed E-state index contributed by atoms with van der Waals surface area (Å²) in [7, 11) is 1.89. The van der Waals surface area contributed by atoms with Crippen molar-refractivity contribution in [2.24, 2.45) is 5.92 Å². The Kier molecular flexibility index (Phi) is 9.09. The van der Waals surface area contributed by atoms with Crippen LogP contribution in [0.5, 0.6) is 11.8 Å². The van der Waals surface area contributed by atoms with Gasteiger partial charge in [-0.2, -0.15) is 26.7 Å². The Morgan fingerprint density at radius 3 is 2.87 bits per heavy atom. The molecule has 5 fully saturated rings. The van der Waals surface area contributed by atoms with Crippen molar-refractivity contribution in [3.63, 3.8) is 0 Å². The predicted molar refractivity (Wildman–Crippen MR) is 196 cm³/mol. The number of fused-ring (bicyclic) bond motifs is 3. The molecule has 2 aromatic carbocycles. The van der Waals surface area contributed by atoms with E-state index in [2.05, 4.69) is 43.9 Å². The smallest absolute Gasteiger partial charge is 0.319 e. The molecule has 4 aromatic rings. The van der Waals surface area contributed by atoms with Gasteiger partial charge in [-0.05, 0) is 77.1 Å². The summed E-state index contributed by atoms with van der Waals surface area (Å²) >= 11 is 3.16. The maximum absolute atomic E-state index is 17.3. The third kappa shape index (κ3) is 5.71. The molecule has 1 aliphatic carbocycles. The van der Waals surface area contributed by atoms with E-state index in [1.807, 2.05) is 16.8 Å². The second-order valence-corrected chi connectivity index (χ2v) is 17.2. The van der Waals surface area contributed by atoms with Crippen LogP contribution in [0.3, 0.4) is 0 Å². The van der Waals surface area contributed by atoms with E-state index in [1.165, 1.54) is 25.0 Å². The number of alkyl halides is 1. The molecule has 1 saturated carbocycles. The van der Waals surface area contributed by atoms with E-state index in [-0.39, 0.29) is 100 Å². The first-order chi connectivity index (χ1) is 24.6. The summed E-state index contributed by atoms with van der Waals surface area (Å²) in [5, 5.41) is 4.46. The Labute approximate surface area is 349 Å². The van der Waals surface area contributed by atoms with E-state index in [1.54, 1.807) is 0 Å². The maximum atomic E-state index is 17.3. The van der Waals surface area contributed by atoms with Crippen LogP contribution in [0.25, 0.3) is 32.1 Å². The number of piperidine rings is 1. The summed E-state index contributed by atoms with van der Waals surface area (Å²) < 4.78 is 60.8. The van der Waals surface area contributed by atoms with Crippen LogP contribution in [0.4, 0.5) is 24.0 Å². The van der Waals surface area contributed by atoms with Gasteiger partial charge in [-0.3, -0.25) is 15.0 Å². The van der Waals surface area contributed by atoms with E-state index in [0.717, 1.165) is 30.7 Å². The van der Waals surface area contributed by atoms with Gasteiger partial charge in [0.1, 0.15) is 47.8 Å². The summed E-state index contributed by atoms with van der Waals surface area (Å²) in [4.78, 5) is 29.3.